The zero-order valence-corrected chi connectivity index (χ0v) is 17.5. The lowest BCUT2D eigenvalue weighted by Gasteiger charge is -2.19. The van der Waals surface area contributed by atoms with Gasteiger partial charge in [0.05, 0.1) is 19.3 Å². The second kappa shape index (κ2) is 14.5. The van der Waals surface area contributed by atoms with Crippen LogP contribution in [0.25, 0.3) is 0 Å². The van der Waals surface area contributed by atoms with Crippen molar-refractivity contribution < 1.29 is 19.0 Å². The van der Waals surface area contributed by atoms with Crippen LogP contribution in [-0.4, -0.2) is 41.9 Å². The van der Waals surface area contributed by atoms with Crippen LogP contribution in [-0.2, 0) is 19.0 Å². The summed E-state index contributed by atoms with van der Waals surface area (Å²) in [5.74, 6) is -0.129. The molecule has 0 rings (SSSR count). The third-order valence-corrected chi connectivity index (χ3v) is 3.98. The minimum Gasteiger partial charge on any atom is -0.460 e. The summed E-state index contributed by atoms with van der Waals surface area (Å²) in [5.41, 5.74) is -0.396. The molecule has 0 aliphatic carbocycles. The molecule has 0 aromatic heterocycles. The lowest BCUT2D eigenvalue weighted by Crippen LogP contribution is -2.24. The maximum absolute atomic E-state index is 11.6. The van der Waals surface area contributed by atoms with E-state index in [0.29, 0.717) is 19.6 Å². The van der Waals surface area contributed by atoms with Gasteiger partial charge in [0.25, 0.3) is 0 Å². The summed E-state index contributed by atoms with van der Waals surface area (Å²) in [6.45, 7) is 9.82. The van der Waals surface area contributed by atoms with Crippen LogP contribution >= 0.6 is 22.6 Å². The quantitative estimate of drug-likeness (QED) is 0.166. The molecule has 0 aliphatic rings. The van der Waals surface area contributed by atoms with E-state index >= 15 is 0 Å². The van der Waals surface area contributed by atoms with E-state index in [2.05, 4.69) is 22.6 Å². The van der Waals surface area contributed by atoms with Gasteiger partial charge in [-0.15, -0.1) is 0 Å². The SMILES string of the molecule is CC(CCCC(=O)OC(C)(C)C)OCCOCCCCCCI. The first-order valence-electron chi connectivity index (χ1n) is 8.82. The smallest absolute Gasteiger partial charge is 0.306 e. The number of ether oxygens (including phenoxy) is 3. The molecule has 0 aliphatic heterocycles. The highest BCUT2D eigenvalue weighted by Crippen LogP contribution is 2.11. The molecule has 1 unspecified atom stereocenters. The predicted octanol–water partition coefficient (Wildman–Crippen LogP) is 4.92. The number of alkyl halides is 1. The van der Waals surface area contributed by atoms with E-state index in [9.17, 15) is 4.79 Å². The first kappa shape index (κ1) is 23.1. The molecule has 0 amide bonds. The van der Waals surface area contributed by atoms with Gasteiger partial charge in [0.1, 0.15) is 5.60 Å². The molecule has 138 valence electrons. The predicted molar refractivity (Wildman–Crippen MR) is 103 cm³/mol. The monoisotopic (exact) mass is 442 g/mol. The van der Waals surface area contributed by atoms with Crippen molar-refractivity contribution in [3.05, 3.63) is 0 Å². The molecule has 1 atom stereocenters. The molecule has 0 aromatic carbocycles. The van der Waals surface area contributed by atoms with Gasteiger partial charge in [0.2, 0.25) is 0 Å². The zero-order chi connectivity index (χ0) is 17.6. The Morgan fingerprint density at radius 3 is 2.35 bits per heavy atom. The summed E-state index contributed by atoms with van der Waals surface area (Å²) in [6, 6.07) is 0. The Kier molecular flexibility index (Phi) is 14.5. The minimum absolute atomic E-state index is 0.129. The number of hydrogen-bond acceptors (Lipinski definition) is 4. The maximum Gasteiger partial charge on any atom is 0.306 e. The summed E-state index contributed by atoms with van der Waals surface area (Å²) in [7, 11) is 0. The van der Waals surface area contributed by atoms with Crippen molar-refractivity contribution in [2.45, 2.75) is 84.3 Å². The highest BCUT2D eigenvalue weighted by atomic mass is 127. The highest BCUT2D eigenvalue weighted by Gasteiger charge is 2.16. The molecular weight excluding hydrogens is 407 g/mol. The first-order valence-corrected chi connectivity index (χ1v) is 10.3. The lowest BCUT2D eigenvalue weighted by atomic mass is 10.1. The molecular formula is C18H35IO4. The second-order valence-electron chi connectivity index (χ2n) is 6.88. The first-order chi connectivity index (χ1) is 10.8. The van der Waals surface area contributed by atoms with Gasteiger partial charge in [0, 0.05) is 13.0 Å². The Balaban J connectivity index is 3.37. The standard InChI is InChI=1S/C18H35IO4/c1-16(10-9-11-17(20)23-18(2,3)4)22-15-14-21-13-8-6-5-7-12-19/h16H,5-15H2,1-4H3. The van der Waals surface area contributed by atoms with Gasteiger partial charge in [-0.25, -0.2) is 0 Å². The number of halogens is 1. The fraction of sp³-hybridized carbons (Fsp3) is 0.944. The zero-order valence-electron chi connectivity index (χ0n) is 15.4. The molecule has 0 saturated carbocycles. The average molecular weight is 442 g/mol. The Labute approximate surface area is 156 Å². The third kappa shape index (κ3) is 18.3. The molecule has 0 bridgehead atoms. The normalized spacial score (nSPS) is 13.1. The van der Waals surface area contributed by atoms with E-state index in [1.165, 1.54) is 23.7 Å². The van der Waals surface area contributed by atoms with Gasteiger partial charge >= 0.3 is 5.97 Å². The van der Waals surface area contributed by atoms with Gasteiger partial charge in [-0.1, -0.05) is 35.4 Å². The van der Waals surface area contributed by atoms with Crippen molar-refractivity contribution in [1.82, 2.24) is 0 Å². The van der Waals surface area contributed by atoms with Gasteiger partial charge in [0.15, 0.2) is 0 Å². The maximum atomic E-state index is 11.6. The van der Waals surface area contributed by atoms with Crippen LogP contribution < -0.4 is 0 Å². The highest BCUT2D eigenvalue weighted by molar-refractivity contribution is 14.1. The van der Waals surface area contributed by atoms with Crippen LogP contribution in [0.2, 0.25) is 0 Å². The molecule has 0 radical (unpaired) electrons. The Bertz CT molecular complexity index is 289. The molecule has 0 heterocycles. The van der Waals surface area contributed by atoms with E-state index < -0.39 is 5.60 Å². The third-order valence-electron chi connectivity index (χ3n) is 3.21. The number of carbonyl (C=O) groups excluding carboxylic acids is 1. The Morgan fingerprint density at radius 2 is 1.70 bits per heavy atom. The van der Waals surface area contributed by atoms with Crippen LogP contribution in [0.1, 0.15) is 72.6 Å². The Hall–Kier alpha value is 0.120. The Morgan fingerprint density at radius 1 is 1.00 bits per heavy atom. The van der Waals surface area contributed by atoms with E-state index in [1.807, 2.05) is 27.7 Å². The van der Waals surface area contributed by atoms with Crippen LogP contribution in [0.4, 0.5) is 0 Å². The van der Waals surface area contributed by atoms with E-state index in [1.54, 1.807) is 0 Å². The van der Waals surface area contributed by atoms with E-state index in [4.69, 9.17) is 14.2 Å². The van der Waals surface area contributed by atoms with Crippen molar-refractivity contribution in [2.75, 3.05) is 24.2 Å². The molecule has 23 heavy (non-hydrogen) atoms. The summed E-state index contributed by atoms with van der Waals surface area (Å²) >= 11 is 2.42. The second-order valence-corrected chi connectivity index (χ2v) is 7.95. The number of hydrogen-bond donors (Lipinski definition) is 0. The van der Waals surface area contributed by atoms with Crippen LogP contribution in [0.3, 0.4) is 0 Å². The van der Waals surface area contributed by atoms with Gasteiger partial charge in [-0.2, -0.15) is 0 Å². The number of unbranched alkanes of at least 4 members (excludes halogenated alkanes) is 3. The number of esters is 1. The van der Waals surface area contributed by atoms with Crippen LogP contribution in [0, 0.1) is 0 Å². The van der Waals surface area contributed by atoms with Crippen molar-refractivity contribution in [2.24, 2.45) is 0 Å². The number of carbonyl (C=O) groups is 1. The van der Waals surface area contributed by atoms with Crippen molar-refractivity contribution in [3.63, 3.8) is 0 Å². The minimum atomic E-state index is -0.396. The largest absolute Gasteiger partial charge is 0.460 e. The molecule has 0 spiro atoms. The van der Waals surface area contributed by atoms with Crippen molar-refractivity contribution in [1.29, 1.82) is 0 Å². The summed E-state index contributed by atoms with van der Waals surface area (Å²) in [4.78, 5) is 11.6. The van der Waals surface area contributed by atoms with Gasteiger partial charge < -0.3 is 14.2 Å². The van der Waals surface area contributed by atoms with Crippen molar-refractivity contribution in [3.8, 4) is 0 Å². The summed E-state index contributed by atoms with van der Waals surface area (Å²) in [5, 5.41) is 0. The molecule has 5 heteroatoms. The number of rotatable bonds is 14. The van der Waals surface area contributed by atoms with E-state index in [0.717, 1.165) is 25.9 Å². The summed E-state index contributed by atoms with van der Waals surface area (Å²) < 4.78 is 17.8. The lowest BCUT2D eigenvalue weighted by molar-refractivity contribution is -0.155. The topological polar surface area (TPSA) is 44.8 Å². The molecule has 0 saturated heterocycles. The average Bonchev–Trinajstić information content (AvgIpc) is 2.43. The molecule has 0 N–H and O–H groups in total. The van der Waals surface area contributed by atoms with Crippen LogP contribution in [0.15, 0.2) is 0 Å². The molecule has 0 fully saturated rings. The molecule has 0 aromatic rings. The van der Waals surface area contributed by atoms with Crippen LogP contribution in [0.5, 0.6) is 0 Å². The fourth-order valence-electron chi connectivity index (χ4n) is 2.07. The fourth-order valence-corrected chi connectivity index (χ4v) is 2.61. The van der Waals surface area contributed by atoms with Crippen molar-refractivity contribution >= 4 is 28.6 Å². The molecule has 4 nitrogen and oxygen atoms in total. The van der Waals surface area contributed by atoms with E-state index in [-0.39, 0.29) is 12.1 Å². The van der Waals surface area contributed by atoms with Gasteiger partial charge in [-0.05, 0) is 57.8 Å². The van der Waals surface area contributed by atoms with Gasteiger partial charge in [-0.3, -0.25) is 4.79 Å². The summed E-state index contributed by atoms with van der Waals surface area (Å²) in [6.07, 6.45) is 7.29.